The summed E-state index contributed by atoms with van der Waals surface area (Å²) in [7, 11) is 0. The van der Waals surface area contributed by atoms with E-state index in [2.05, 4.69) is 43.4 Å². The van der Waals surface area contributed by atoms with Gasteiger partial charge in [-0.3, -0.25) is 0 Å². The number of aryl methyl sites for hydroxylation is 1. The first-order valence-electron chi connectivity index (χ1n) is 8.73. The van der Waals surface area contributed by atoms with Crippen molar-refractivity contribution in [2.45, 2.75) is 58.4 Å². The highest BCUT2D eigenvalue weighted by Gasteiger charge is 2.15. The molecule has 0 bridgehead atoms. The first-order valence-corrected chi connectivity index (χ1v) is 8.73. The second-order valence-corrected chi connectivity index (χ2v) is 6.25. The number of hydrogen-bond acceptors (Lipinski definition) is 2. The molecule has 118 valence electrons. The Hall–Kier alpha value is -0.860. The number of rotatable bonds is 8. The number of benzene rings is 1. The van der Waals surface area contributed by atoms with Gasteiger partial charge in [-0.05, 0) is 42.9 Å². The minimum absolute atomic E-state index is 0.324. The molecule has 0 aromatic heterocycles. The number of nitrogens with one attached hydrogen (secondary N) is 1. The molecule has 1 N–H and O–H groups in total. The highest BCUT2D eigenvalue weighted by molar-refractivity contribution is 5.25. The standard InChI is InChI=1S/C19H31NO/c1-3-16-10-12-18(13-11-16)19(20-4-2)15-21-14-17-8-6-5-7-9-17/h10-13,17,19-20H,3-9,14-15H2,1-2H3. The molecule has 1 aliphatic carbocycles. The Morgan fingerprint density at radius 2 is 1.81 bits per heavy atom. The van der Waals surface area contributed by atoms with Gasteiger partial charge < -0.3 is 10.1 Å². The van der Waals surface area contributed by atoms with Crippen LogP contribution in [0.3, 0.4) is 0 Å². The van der Waals surface area contributed by atoms with Crippen LogP contribution < -0.4 is 5.32 Å². The van der Waals surface area contributed by atoms with Crippen LogP contribution in [0.2, 0.25) is 0 Å². The highest BCUT2D eigenvalue weighted by atomic mass is 16.5. The molecule has 1 unspecified atom stereocenters. The van der Waals surface area contributed by atoms with Gasteiger partial charge in [-0.15, -0.1) is 0 Å². The normalized spacial score (nSPS) is 17.8. The molecule has 1 aromatic carbocycles. The van der Waals surface area contributed by atoms with Gasteiger partial charge in [0.05, 0.1) is 12.6 Å². The van der Waals surface area contributed by atoms with Crippen molar-refractivity contribution in [2.75, 3.05) is 19.8 Å². The molecule has 2 heteroatoms. The predicted octanol–water partition coefficient (Wildman–Crippen LogP) is 4.50. The van der Waals surface area contributed by atoms with Crippen molar-refractivity contribution < 1.29 is 4.74 Å². The highest BCUT2D eigenvalue weighted by Crippen LogP contribution is 2.24. The fourth-order valence-electron chi connectivity index (χ4n) is 3.21. The Labute approximate surface area is 130 Å². The number of likely N-dealkylation sites (N-methyl/N-ethyl adjacent to an activating group) is 1. The molecule has 2 nitrogen and oxygen atoms in total. The first kappa shape index (κ1) is 16.5. The van der Waals surface area contributed by atoms with E-state index in [1.165, 1.54) is 43.2 Å². The Bertz CT molecular complexity index is 381. The lowest BCUT2D eigenvalue weighted by Crippen LogP contribution is -2.26. The third kappa shape index (κ3) is 5.44. The van der Waals surface area contributed by atoms with Gasteiger partial charge in [-0.25, -0.2) is 0 Å². The van der Waals surface area contributed by atoms with Crippen LogP contribution in [0.15, 0.2) is 24.3 Å². The van der Waals surface area contributed by atoms with Gasteiger partial charge in [0.15, 0.2) is 0 Å². The molecule has 0 heterocycles. The van der Waals surface area contributed by atoms with E-state index in [0.29, 0.717) is 6.04 Å². The molecular formula is C19H31NO. The zero-order valence-electron chi connectivity index (χ0n) is 13.7. The summed E-state index contributed by atoms with van der Waals surface area (Å²) in [5.41, 5.74) is 2.75. The smallest absolute Gasteiger partial charge is 0.0661 e. The second kappa shape index (κ2) is 9.22. The van der Waals surface area contributed by atoms with Gasteiger partial charge in [0, 0.05) is 6.61 Å². The predicted molar refractivity (Wildman–Crippen MR) is 89.6 cm³/mol. The SMILES string of the molecule is CCNC(COCC1CCCCC1)c1ccc(CC)cc1. The summed E-state index contributed by atoms with van der Waals surface area (Å²) in [5.74, 6) is 0.795. The quantitative estimate of drug-likeness (QED) is 0.761. The molecule has 1 saturated carbocycles. The van der Waals surface area contributed by atoms with E-state index in [1.807, 2.05) is 0 Å². The summed E-state index contributed by atoms with van der Waals surface area (Å²) in [6, 6.07) is 9.29. The largest absolute Gasteiger partial charge is 0.379 e. The van der Waals surface area contributed by atoms with E-state index in [9.17, 15) is 0 Å². The maximum atomic E-state index is 6.04. The lowest BCUT2D eigenvalue weighted by Gasteiger charge is -2.24. The molecular weight excluding hydrogens is 258 g/mol. The van der Waals surface area contributed by atoms with Crippen molar-refractivity contribution in [1.29, 1.82) is 0 Å². The first-order chi connectivity index (χ1) is 10.3. The van der Waals surface area contributed by atoms with Crippen molar-refractivity contribution in [3.63, 3.8) is 0 Å². The number of hydrogen-bond donors (Lipinski definition) is 1. The second-order valence-electron chi connectivity index (χ2n) is 6.25. The minimum Gasteiger partial charge on any atom is -0.379 e. The zero-order chi connectivity index (χ0) is 14.9. The molecule has 0 saturated heterocycles. The number of ether oxygens (including phenoxy) is 1. The van der Waals surface area contributed by atoms with Crippen LogP contribution in [0.25, 0.3) is 0 Å². The summed E-state index contributed by atoms with van der Waals surface area (Å²) >= 11 is 0. The zero-order valence-corrected chi connectivity index (χ0v) is 13.7. The fraction of sp³-hybridized carbons (Fsp3) is 0.684. The molecule has 0 spiro atoms. The summed E-state index contributed by atoms with van der Waals surface area (Å²) in [5, 5.41) is 3.55. The van der Waals surface area contributed by atoms with Crippen LogP contribution >= 0.6 is 0 Å². The molecule has 0 amide bonds. The Balaban J connectivity index is 1.82. The van der Waals surface area contributed by atoms with E-state index in [0.717, 1.165) is 32.1 Å². The Morgan fingerprint density at radius 3 is 2.43 bits per heavy atom. The molecule has 1 atom stereocenters. The summed E-state index contributed by atoms with van der Waals surface area (Å²) in [6.07, 6.45) is 8.02. The summed E-state index contributed by atoms with van der Waals surface area (Å²) in [4.78, 5) is 0. The van der Waals surface area contributed by atoms with Crippen LogP contribution in [-0.4, -0.2) is 19.8 Å². The Morgan fingerprint density at radius 1 is 1.10 bits per heavy atom. The molecule has 0 radical (unpaired) electrons. The van der Waals surface area contributed by atoms with Gasteiger partial charge >= 0.3 is 0 Å². The molecule has 1 aliphatic rings. The average molecular weight is 289 g/mol. The van der Waals surface area contributed by atoms with Crippen molar-refractivity contribution in [3.8, 4) is 0 Å². The fourth-order valence-corrected chi connectivity index (χ4v) is 3.21. The van der Waals surface area contributed by atoms with E-state index >= 15 is 0 Å². The maximum absolute atomic E-state index is 6.04. The lowest BCUT2D eigenvalue weighted by atomic mass is 9.90. The van der Waals surface area contributed by atoms with Crippen molar-refractivity contribution in [2.24, 2.45) is 5.92 Å². The van der Waals surface area contributed by atoms with Crippen LogP contribution in [-0.2, 0) is 11.2 Å². The molecule has 21 heavy (non-hydrogen) atoms. The molecule has 1 fully saturated rings. The lowest BCUT2D eigenvalue weighted by molar-refractivity contribution is 0.0696. The molecule has 2 rings (SSSR count). The van der Waals surface area contributed by atoms with Crippen LogP contribution in [0.1, 0.15) is 63.1 Å². The van der Waals surface area contributed by atoms with Crippen LogP contribution in [0.5, 0.6) is 0 Å². The Kier molecular flexibility index (Phi) is 7.25. The van der Waals surface area contributed by atoms with Crippen molar-refractivity contribution >= 4 is 0 Å². The topological polar surface area (TPSA) is 21.3 Å². The van der Waals surface area contributed by atoms with E-state index < -0.39 is 0 Å². The van der Waals surface area contributed by atoms with Crippen molar-refractivity contribution in [1.82, 2.24) is 5.32 Å². The van der Waals surface area contributed by atoms with Gasteiger partial charge in [-0.2, -0.15) is 0 Å². The minimum atomic E-state index is 0.324. The van der Waals surface area contributed by atoms with Crippen LogP contribution in [0, 0.1) is 5.92 Å². The summed E-state index contributed by atoms with van der Waals surface area (Å²) < 4.78 is 6.04. The van der Waals surface area contributed by atoms with Gasteiger partial charge in [0.1, 0.15) is 0 Å². The maximum Gasteiger partial charge on any atom is 0.0661 e. The molecule has 0 aliphatic heterocycles. The average Bonchev–Trinajstić information content (AvgIpc) is 2.55. The van der Waals surface area contributed by atoms with Gasteiger partial charge in [0.2, 0.25) is 0 Å². The van der Waals surface area contributed by atoms with Gasteiger partial charge in [-0.1, -0.05) is 57.4 Å². The van der Waals surface area contributed by atoms with E-state index in [4.69, 9.17) is 4.74 Å². The third-order valence-corrected chi connectivity index (χ3v) is 4.60. The van der Waals surface area contributed by atoms with E-state index in [-0.39, 0.29) is 0 Å². The van der Waals surface area contributed by atoms with E-state index in [1.54, 1.807) is 0 Å². The third-order valence-electron chi connectivity index (χ3n) is 4.60. The van der Waals surface area contributed by atoms with Gasteiger partial charge in [0.25, 0.3) is 0 Å². The monoisotopic (exact) mass is 289 g/mol. The molecule has 1 aromatic rings. The van der Waals surface area contributed by atoms with Crippen LogP contribution in [0.4, 0.5) is 0 Å². The van der Waals surface area contributed by atoms with Crippen molar-refractivity contribution in [3.05, 3.63) is 35.4 Å². The summed E-state index contributed by atoms with van der Waals surface area (Å²) in [6.45, 7) is 7.07.